The molecule has 1 aromatic heterocycles. The van der Waals surface area contributed by atoms with E-state index >= 15 is 0 Å². The molecule has 1 aliphatic carbocycles. The fourth-order valence-electron chi connectivity index (χ4n) is 3.33. The van der Waals surface area contributed by atoms with E-state index in [4.69, 9.17) is 4.74 Å². The number of hydrogen-bond donors (Lipinski definition) is 2. The van der Waals surface area contributed by atoms with E-state index in [0.29, 0.717) is 17.2 Å². The van der Waals surface area contributed by atoms with Crippen LogP contribution >= 0.6 is 11.3 Å². The Morgan fingerprint density at radius 3 is 2.83 bits per heavy atom. The van der Waals surface area contributed by atoms with Crippen molar-refractivity contribution in [3.63, 3.8) is 0 Å². The number of alkyl carbamates (subject to hydrolysis) is 1. The zero-order valence-corrected chi connectivity index (χ0v) is 18.3. The minimum Gasteiger partial charge on any atom is -0.444 e. The lowest BCUT2D eigenvalue weighted by atomic mass is 9.89. The van der Waals surface area contributed by atoms with Crippen LogP contribution in [-0.2, 0) is 24.1 Å². The molecule has 0 radical (unpaired) electrons. The van der Waals surface area contributed by atoms with Crippen LogP contribution in [0.15, 0.2) is 24.3 Å². The van der Waals surface area contributed by atoms with E-state index in [1.54, 1.807) is 29.5 Å². The number of aryl methyl sites for hydroxylation is 1. The highest BCUT2D eigenvalue weighted by Gasteiger charge is 2.22. The molecular formula is C22H29N3O3S. The molecule has 1 aliphatic rings. The number of nitrogens with zero attached hydrogens (tertiary/aromatic N) is 1. The van der Waals surface area contributed by atoms with Crippen molar-refractivity contribution in [1.29, 1.82) is 0 Å². The summed E-state index contributed by atoms with van der Waals surface area (Å²) in [5.41, 5.74) is 1.95. The standard InChI is InChI=1S/C22H29N3O3S/c1-5-14-9-10-17-18(12-14)29-20(24-17)25-19(26)16-8-6-7-15(11-16)13-23-21(27)28-22(2,3)4/h6-8,11,14H,5,9-10,12-13H2,1-4H3,(H,23,27)(H,24,25,26). The van der Waals surface area contributed by atoms with Gasteiger partial charge in [0.05, 0.1) is 5.69 Å². The number of carbonyl (C=O) groups excluding carboxylic acids is 2. The van der Waals surface area contributed by atoms with Gasteiger partial charge in [-0.05, 0) is 63.6 Å². The third-order valence-corrected chi connectivity index (χ3v) is 5.90. The molecule has 0 bridgehead atoms. The largest absolute Gasteiger partial charge is 0.444 e. The first-order chi connectivity index (χ1) is 13.7. The normalized spacial score (nSPS) is 16.1. The molecule has 0 saturated carbocycles. The first-order valence-electron chi connectivity index (χ1n) is 10.1. The van der Waals surface area contributed by atoms with E-state index in [-0.39, 0.29) is 5.91 Å². The molecule has 3 rings (SSSR count). The number of thiazole rings is 1. The van der Waals surface area contributed by atoms with E-state index in [9.17, 15) is 9.59 Å². The first kappa shape index (κ1) is 21.3. The second-order valence-electron chi connectivity index (χ2n) is 8.42. The maximum absolute atomic E-state index is 12.7. The average molecular weight is 416 g/mol. The van der Waals surface area contributed by atoms with Crippen molar-refractivity contribution < 1.29 is 14.3 Å². The van der Waals surface area contributed by atoms with Gasteiger partial charge in [0.2, 0.25) is 0 Å². The zero-order valence-electron chi connectivity index (χ0n) is 17.5. The molecule has 1 aromatic carbocycles. The van der Waals surface area contributed by atoms with E-state index in [1.165, 1.54) is 17.7 Å². The third kappa shape index (κ3) is 6.03. The van der Waals surface area contributed by atoms with Crippen LogP contribution in [0.1, 0.15) is 67.0 Å². The van der Waals surface area contributed by atoms with Gasteiger partial charge in [0.1, 0.15) is 5.60 Å². The van der Waals surface area contributed by atoms with Gasteiger partial charge >= 0.3 is 6.09 Å². The van der Waals surface area contributed by atoms with Gasteiger partial charge in [0.15, 0.2) is 5.13 Å². The molecule has 1 heterocycles. The molecular weight excluding hydrogens is 386 g/mol. The van der Waals surface area contributed by atoms with Crippen LogP contribution in [0.4, 0.5) is 9.93 Å². The number of anilines is 1. The van der Waals surface area contributed by atoms with Crippen LogP contribution in [0.3, 0.4) is 0 Å². The van der Waals surface area contributed by atoms with Crippen LogP contribution in [0.25, 0.3) is 0 Å². The monoisotopic (exact) mass is 415 g/mol. The third-order valence-electron chi connectivity index (χ3n) is 4.86. The number of carbonyl (C=O) groups is 2. The van der Waals surface area contributed by atoms with Crippen molar-refractivity contribution in [3.05, 3.63) is 46.0 Å². The summed E-state index contributed by atoms with van der Waals surface area (Å²) in [4.78, 5) is 30.4. The minimum absolute atomic E-state index is 0.192. The number of amides is 2. The molecule has 156 valence electrons. The molecule has 1 unspecified atom stereocenters. The lowest BCUT2D eigenvalue weighted by Gasteiger charge is -2.19. The fraction of sp³-hybridized carbons (Fsp3) is 0.500. The van der Waals surface area contributed by atoms with Crippen LogP contribution in [0.2, 0.25) is 0 Å². The summed E-state index contributed by atoms with van der Waals surface area (Å²) in [7, 11) is 0. The Morgan fingerprint density at radius 1 is 1.31 bits per heavy atom. The van der Waals surface area contributed by atoms with Gasteiger partial charge in [0, 0.05) is 17.0 Å². The van der Waals surface area contributed by atoms with Crippen LogP contribution < -0.4 is 10.6 Å². The highest BCUT2D eigenvalue weighted by Crippen LogP contribution is 2.33. The Kier molecular flexibility index (Phi) is 6.57. The van der Waals surface area contributed by atoms with Crippen LogP contribution in [0, 0.1) is 5.92 Å². The Morgan fingerprint density at radius 2 is 2.10 bits per heavy atom. The average Bonchev–Trinajstić information content (AvgIpc) is 3.06. The van der Waals surface area contributed by atoms with Gasteiger partial charge in [-0.3, -0.25) is 10.1 Å². The highest BCUT2D eigenvalue weighted by molar-refractivity contribution is 7.15. The molecule has 0 spiro atoms. The van der Waals surface area contributed by atoms with Gasteiger partial charge in [-0.2, -0.15) is 0 Å². The highest BCUT2D eigenvalue weighted by atomic mass is 32.1. The Balaban J connectivity index is 1.60. The van der Waals surface area contributed by atoms with Gasteiger partial charge in [0.25, 0.3) is 5.91 Å². The summed E-state index contributed by atoms with van der Waals surface area (Å²) in [6.45, 7) is 7.97. The minimum atomic E-state index is -0.546. The summed E-state index contributed by atoms with van der Waals surface area (Å²) in [6.07, 6.45) is 3.93. The molecule has 0 aliphatic heterocycles. The predicted octanol–water partition coefficient (Wildman–Crippen LogP) is 4.94. The number of fused-ring (bicyclic) bond motifs is 1. The van der Waals surface area contributed by atoms with Gasteiger partial charge in [-0.25, -0.2) is 9.78 Å². The Bertz CT molecular complexity index is 886. The van der Waals surface area contributed by atoms with Crippen molar-refractivity contribution in [1.82, 2.24) is 10.3 Å². The van der Waals surface area contributed by atoms with Crippen LogP contribution in [-0.4, -0.2) is 22.6 Å². The summed E-state index contributed by atoms with van der Waals surface area (Å²) < 4.78 is 5.24. The summed E-state index contributed by atoms with van der Waals surface area (Å²) in [5.74, 6) is 0.530. The van der Waals surface area contributed by atoms with Crippen molar-refractivity contribution in [2.24, 2.45) is 5.92 Å². The number of aromatic nitrogens is 1. The SMILES string of the molecule is CCC1CCc2nc(NC(=O)c3cccc(CNC(=O)OC(C)(C)C)c3)sc2C1. The Labute approximate surface area is 176 Å². The number of ether oxygens (including phenoxy) is 1. The Hall–Kier alpha value is -2.41. The lowest BCUT2D eigenvalue weighted by Crippen LogP contribution is -2.32. The molecule has 7 heteroatoms. The molecule has 2 N–H and O–H groups in total. The number of rotatable bonds is 5. The van der Waals surface area contributed by atoms with E-state index < -0.39 is 11.7 Å². The first-order valence-corrected chi connectivity index (χ1v) is 10.9. The zero-order chi connectivity index (χ0) is 21.0. The lowest BCUT2D eigenvalue weighted by molar-refractivity contribution is 0.0523. The number of benzene rings is 1. The second-order valence-corrected chi connectivity index (χ2v) is 9.50. The van der Waals surface area contributed by atoms with Crippen molar-refractivity contribution >= 4 is 28.5 Å². The number of nitrogens with one attached hydrogen (secondary N) is 2. The van der Waals surface area contributed by atoms with Gasteiger partial charge < -0.3 is 10.1 Å². The smallest absolute Gasteiger partial charge is 0.407 e. The summed E-state index contributed by atoms with van der Waals surface area (Å²) >= 11 is 1.58. The topological polar surface area (TPSA) is 80.3 Å². The molecule has 29 heavy (non-hydrogen) atoms. The molecule has 0 fully saturated rings. The van der Waals surface area contributed by atoms with Crippen molar-refractivity contribution in [2.45, 2.75) is 65.5 Å². The van der Waals surface area contributed by atoms with Crippen molar-refractivity contribution in [2.75, 3.05) is 5.32 Å². The quantitative estimate of drug-likeness (QED) is 0.725. The fourth-order valence-corrected chi connectivity index (χ4v) is 4.44. The molecule has 2 amide bonds. The molecule has 2 aromatic rings. The van der Waals surface area contributed by atoms with Gasteiger partial charge in [-0.15, -0.1) is 11.3 Å². The van der Waals surface area contributed by atoms with E-state index in [2.05, 4.69) is 22.5 Å². The molecule has 6 nitrogen and oxygen atoms in total. The predicted molar refractivity (Wildman–Crippen MR) is 115 cm³/mol. The van der Waals surface area contributed by atoms with E-state index in [1.807, 2.05) is 26.8 Å². The van der Waals surface area contributed by atoms with E-state index in [0.717, 1.165) is 30.0 Å². The number of hydrogen-bond acceptors (Lipinski definition) is 5. The maximum Gasteiger partial charge on any atom is 0.407 e. The maximum atomic E-state index is 12.7. The summed E-state index contributed by atoms with van der Waals surface area (Å²) in [5, 5.41) is 6.30. The summed E-state index contributed by atoms with van der Waals surface area (Å²) in [6, 6.07) is 7.20. The van der Waals surface area contributed by atoms with Gasteiger partial charge in [-0.1, -0.05) is 25.5 Å². The second kappa shape index (κ2) is 8.95. The van der Waals surface area contributed by atoms with Crippen molar-refractivity contribution in [3.8, 4) is 0 Å². The van der Waals surface area contributed by atoms with Crippen LogP contribution in [0.5, 0.6) is 0 Å². The molecule has 0 saturated heterocycles. The molecule has 1 atom stereocenters.